The zero-order valence-electron chi connectivity index (χ0n) is 21.4. The topological polar surface area (TPSA) is 91.3 Å². The van der Waals surface area contributed by atoms with Gasteiger partial charge in [0.05, 0.1) is 31.4 Å². The third-order valence-corrected chi connectivity index (χ3v) is 6.85. The first kappa shape index (κ1) is 24.2. The molecule has 1 saturated heterocycles. The molecule has 0 radical (unpaired) electrons. The Morgan fingerprint density at radius 1 is 1.08 bits per heavy atom. The van der Waals surface area contributed by atoms with E-state index in [1.54, 1.807) is 18.0 Å². The summed E-state index contributed by atoms with van der Waals surface area (Å²) in [5, 5.41) is 9.84. The van der Waals surface area contributed by atoms with Crippen molar-refractivity contribution in [1.82, 2.24) is 29.0 Å². The lowest BCUT2D eigenvalue weighted by atomic mass is 10.1. The van der Waals surface area contributed by atoms with Crippen molar-refractivity contribution in [1.29, 1.82) is 0 Å². The predicted octanol–water partition coefficient (Wildman–Crippen LogP) is 3.37. The molecule has 0 aliphatic carbocycles. The SMILES string of the molecule is COc1ccc(/C(C)=N/OCc2nc3c4c(C)c(C)n(CCCN5CCOCC5)c4ncn3n2)cc1. The fraction of sp³-hybridized carbons (Fsp3) is 0.462. The van der Waals surface area contributed by atoms with Crippen LogP contribution in [0.4, 0.5) is 0 Å². The molecule has 0 N–H and O–H groups in total. The Morgan fingerprint density at radius 3 is 2.61 bits per heavy atom. The van der Waals surface area contributed by atoms with Crippen molar-refractivity contribution in [3.8, 4) is 5.75 Å². The molecular weight excluding hydrogens is 458 g/mol. The van der Waals surface area contributed by atoms with Crippen molar-refractivity contribution in [3.05, 3.63) is 53.2 Å². The Hall–Kier alpha value is -3.50. The van der Waals surface area contributed by atoms with Crippen LogP contribution >= 0.6 is 0 Å². The quantitative estimate of drug-likeness (QED) is 0.262. The molecule has 1 aliphatic heterocycles. The molecule has 0 saturated carbocycles. The van der Waals surface area contributed by atoms with E-state index >= 15 is 0 Å². The molecule has 4 heterocycles. The summed E-state index contributed by atoms with van der Waals surface area (Å²) in [6.07, 6.45) is 2.80. The number of hydrogen-bond donors (Lipinski definition) is 0. The molecule has 10 heteroatoms. The summed E-state index contributed by atoms with van der Waals surface area (Å²) in [7, 11) is 1.65. The van der Waals surface area contributed by atoms with Crippen molar-refractivity contribution in [2.45, 2.75) is 40.3 Å². The van der Waals surface area contributed by atoms with Gasteiger partial charge in [-0.15, -0.1) is 5.10 Å². The highest BCUT2D eigenvalue weighted by Gasteiger charge is 2.18. The maximum Gasteiger partial charge on any atom is 0.192 e. The van der Waals surface area contributed by atoms with Crippen LogP contribution in [0.3, 0.4) is 0 Å². The second-order valence-corrected chi connectivity index (χ2v) is 9.09. The summed E-state index contributed by atoms with van der Waals surface area (Å²) in [4.78, 5) is 17.6. The molecular formula is C26H33N7O3. The number of morpholine rings is 1. The highest BCUT2D eigenvalue weighted by molar-refractivity contribution is 5.98. The molecule has 1 fully saturated rings. The van der Waals surface area contributed by atoms with E-state index in [9.17, 15) is 0 Å². The zero-order chi connectivity index (χ0) is 25.1. The lowest BCUT2D eigenvalue weighted by Crippen LogP contribution is -2.37. The van der Waals surface area contributed by atoms with Gasteiger partial charge < -0.3 is 18.9 Å². The van der Waals surface area contributed by atoms with Crippen molar-refractivity contribution >= 4 is 22.4 Å². The van der Waals surface area contributed by atoms with Gasteiger partial charge in [-0.3, -0.25) is 4.90 Å². The first-order valence-electron chi connectivity index (χ1n) is 12.4. The number of fused-ring (bicyclic) bond motifs is 3. The van der Waals surface area contributed by atoms with E-state index in [-0.39, 0.29) is 6.61 Å². The number of oxime groups is 1. The summed E-state index contributed by atoms with van der Waals surface area (Å²) in [6.45, 7) is 12.0. The van der Waals surface area contributed by atoms with Crippen molar-refractivity contribution in [3.63, 3.8) is 0 Å². The molecule has 4 aromatic rings. The van der Waals surface area contributed by atoms with Gasteiger partial charge in [0, 0.05) is 31.9 Å². The van der Waals surface area contributed by atoms with Crippen LogP contribution < -0.4 is 4.74 Å². The molecule has 3 aromatic heterocycles. The summed E-state index contributed by atoms with van der Waals surface area (Å²) in [6, 6.07) is 7.69. The van der Waals surface area contributed by atoms with E-state index in [4.69, 9.17) is 24.3 Å². The minimum absolute atomic E-state index is 0.176. The average Bonchev–Trinajstić information content (AvgIpc) is 3.43. The number of aromatic nitrogens is 5. The Morgan fingerprint density at radius 2 is 1.86 bits per heavy atom. The number of nitrogens with zero attached hydrogens (tertiary/aromatic N) is 7. The van der Waals surface area contributed by atoms with Crippen LogP contribution in [0.2, 0.25) is 0 Å². The van der Waals surface area contributed by atoms with E-state index in [1.807, 2.05) is 31.2 Å². The average molecular weight is 492 g/mol. The Kier molecular flexibility index (Phi) is 7.15. The molecule has 0 unspecified atom stereocenters. The smallest absolute Gasteiger partial charge is 0.192 e. The highest BCUT2D eigenvalue weighted by atomic mass is 16.6. The number of hydrogen-bond acceptors (Lipinski definition) is 8. The van der Waals surface area contributed by atoms with Gasteiger partial charge in [0.15, 0.2) is 18.1 Å². The molecule has 10 nitrogen and oxygen atoms in total. The molecule has 0 spiro atoms. The van der Waals surface area contributed by atoms with Crippen LogP contribution in [0.15, 0.2) is 35.7 Å². The largest absolute Gasteiger partial charge is 0.497 e. The maximum atomic E-state index is 5.58. The normalized spacial score (nSPS) is 15.2. The van der Waals surface area contributed by atoms with Crippen molar-refractivity contribution in [2.75, 3.05) is 40.0 Å². The van der Waals surface area contributed by atoms with Gasteiger partial charge in [0.25, 0.3) is 0 Å². The zero-order valence-corrected chi connectivity index (χ0v) is 21.4. The Bertz CT molecular complexity index is 1370. The first-order valence-corrected chi connectivity index (χ1v) is 12.4. The molecule has 1 aromatic carbocycles. The Labute approximate surface area is 210 Å². The molecule has 0 bridgehead atoms. The summed E-state index contributed by atoms with van der Waals surface area (Å²) >= 11 is 0. The number of benzene rings is 1. The fourth-order valence-corrected chi connectivity index (χ4v) is 4.66. The van der Waals surface area contributed by atoms with Gasteiger partial charge in [-0.25, -0.2) is 14.5 Å². The fourth-order valence-electron chi connectivity index (χ4n) is 4.66. The van der Waals surface area contributed by atoms with E-state index in [1.165, 1.54) is 11.3 Å². The highest BCUT2D eigenvalue weighted by Crippen LogP contribution is 2.27. The first-order chi connectivity index (χ1) is 17.5. The van der Waals surface area contributed by atoms with E-state index in [2.05, 4.69) is 33.6 Å². The van der Waals surface area contributed by atoms with Crippen LogP contribution in [-0.4, -0.2) is 74.7 Å². The second kappa shape index (κ2) is 10.6. The van der Waals surface area contributed by atoms with Crippen LogP contribution in [0.5, 0.6) is 5.75 Å². The van der Waals surface area contributed by atoms with Crippen LogP contribution in [0.1, 0.15) is 36.0 Å². The van der Waals surface area contributed by atoms with Crippen LogP contribution in [-0.2, 0) is 22.7 Å². The van der Waals surface area contributed by atoms with Crippen LogP contribution in [0, 0.1) is 13.8 Å². The van der Waals surface area contributed by atoms with Gasteiger partial charge in [-0.05, 0) is 62.6 Å². The minimum atomic E-state index is 0.176. The van der Waals surface area contributed by atoms with Gasteiger partial charge in [-0.2, -0.15) is 0 Å². The summed E-state index contributed by atoms with van der Waals surface area (Å²) in [5.74, 6) is 1.37. The number of ether oxygens (including phenoxy) is 2. The van der Waals surface area contributed by atoms with Gasteiger partial charge in [-0.1, -0.05) is 5.16 Å². The summed E-state index contributed by atoms with van der Waals surface area (Å²) in [5.41, 5.74) is 5.88. The van der Waals surface area contributed by atoms with Crippen molar-refractivity contribution < 1.29 is 14.3 Å². The van der Waals surface area contributed by atoms with Gasteiger partial charge >= 0.3 is 0 Å². The van der Waals surface area contributed by atoms with E-state index in [0.29, 0.717) is 5.82 Å². The lowest BCUT2D eigenvalue weighted by molar-refractivity contribution is 0.0369. The summed E-state index contributed by atoms with van der Waals surface area (Å²) < 4.78 is 14.7. The third-order valence-electron chi connectivity index (χ3n) is 6.85. The van der Waals surface area contributed by atoms with Crippen LogP contribution in [0.25, 0.3) is 16.7 Å². The molecule has 1 aliphatic rings. The van der Waals surface area contributed by atoms with E-state index < -0.39 is 0 Å². The molecule has 0 atom stereocenters. The lowest BCUT2D eigenvalue weighted by Gasteiger charge is -2.26. The van der Waals surface area contributed by atoms with Crippen molar-refractivity contribution in [2.24, 2.45) is 5.16 Å². The standard InChI is InChI=1S/C26H33N7O3/c1-18-20(3)32(11-5-10-31-12-14-35-15-13-31)25-24(18)26-28-23(29-33(26)17-27-25)16-36-30-19(2)21-6-8-22(34-4)9-7-21/h6-9,17H,5,10-16H2,1-4H3/b30-19+. The number of aryl methyl sites for hydroxylation is 2. The van der Waals surface area contributed by atoms with Gasteiger partial charge in [0.1, 0.15) is 17.7 Å². The molecule has 190 valence electrons. The monoisotopic (exact) mass is 491 g/mol. The van der Waals surface area contributed by atoms with E-state index in [0.717, 1.165) is 79.5 Å². The Balaban J connectivity index is 1.30. The number of methoxy groups -OCH3 is 1. The predicted molar refractivity (Wildman–Crippen MR) is 138 cm³/mol. The molecule has 5 rings (SSSR count). The minimum Gasteiger partial charge on any atom is -0.497 e. The molecule has 36 heavy (non-hydrogen) atoms. The van der Waals surface area contributed by atoms with Gasteiger partial charge in [0.2, 0.25) is 0 Å². The third kappa shape index (κ3) is 4.91. The molecule has 0 amide bonds. The second-order valence-electron chi connectivity index (χ2n) is 9.09. The number of rotatable bonds is 9. The maximum absolute atomic E-state index is 5.58.